The quantitative estimate of drug-likeness (QED) is 0.815. The van der Waals surface area contributed by atoms with Crippen LogP contribution >= 0.6 is 24.0 Å². The molecule has 1 aromatic rings. The average molecular weight is 242 g/mol. The zero-order chi connectivity index (χ0) is 11.1. The van der Waals surface area contributed by atoms with E-state index in [-0.39, 0.29) is 0 Å². The molecule has 2 nitrogen and oxygen atoms in total. The SMILES string of the molecule is CSC1(Cn2c(C(C)C)c[nH]c2=S)CC1. The van der Waals surface area contributed by atoms with Gasteiger partial charge in [0.05, 0.1) is 0 Å². The predicted octanol–water partition coefficient (Wildman–Crippen LogP) is 3.56. The molecule has 15 heavy (non-hydrogen) atoms. The number of hydrogen-bond donors (Lipinski definition) is 1. The second kappa shape index (κ2) is 3.98. The summed E-state index contributed by atoms with van der Waals surface area (Å²) in [5.74, 6) is 0.538. The second-order valence-electron chi connectivity index (χ2n) is 4.65. The van der Waals surface area contributed by atoms with E-state index in [0.717, 1.165) is 11.3 Å². The first-order valence-electron chi connectivity index (χ1n) is 5.41. The topological polar surface area (TPSA) is 20.7 Å². The summed E-state index contributed by atoms with van der Waals surface area (Å²) in [7, 11) is 0. The fourth-order valence-corrected chi connectivity index (χ4v) is 2.90. The van der Waals surface area contributed by atoms with Crippen molar-refractivity contribution >= 4 is 24.0 Å². The third-order valence-electron chi connectivity index (χ3n) is 3.18. The summed E-state index contributed by atoms with van der Waals surface area (Å²) in [5, 5.41) is 0. The van der Waals surface area contributed by atoms with Crippen LogP contribution in [0.4, 0.5) is 0 Å². The first kappa shape index (κ1) is 11.3. The van der Waals surface area contributed by atoms with E-state index in [9.17, 15) is 0 Å². The third-order valence-corrected chi connectivity index (χ3v) is 4.92. The Hall–Kier alpha value is -0.220. The molecule has 84 valence electrons. The number of nitrogens with zero attached hydrogens (tertiary/aromatic N) is 1. The highest BCUT2D eigenvalue weighted by molar-refractivity contribution is 8.00. The number of aromatic nitrogens is 2. The Morgan fingerprint density at radius 3 is 2.73 bits per heavy atom. The molecule has 0 atom stereocenters. The van der Waals surface area contributed by atoms with E-state index < -0.39 is 0 Å². The van der Waals surface area contributed by atoms with Crippen molar-refractivity contribution in [2.75, 3.05) is 6.26 Å². The van der Waals surface area contributed by atoms with Crippen LogP contribution in [0.2, 0.25) is 0 Å². The van der Waals surface area contributed by atoms with Crippen LogP contribution in [0.1, 0.15) is 38.3 Å². The molecule has 1 saturated carbocycles. The van der Waals surface area contributed by atoms with E-state index in [1.54, 1.807) is 0 Å². The highest BCUT2D eigenvalue weighted by Crippen LogP contribution is 2.48. The van der Waals surface area contributed by atoms with E-state index in [0.29, 0.717) is 10.7 Å². The molecule has 1 aliphatic rings. The lowest BCUT2D eigenvalue weighted by Gasteiger charge is -2.16. The number of H-pyrrole nitrogens is 1. The van der Waals surface area contributed by atoms with Crippen molar-refractivity contribution in [3.05, 3.63) is 16.7 Å². The molecule has 0 bridgehead atoms. The smallest absolute Gasteiger partial charge is 0.177 e. The minimum atomic E-state index is 0.476. The number of thioether (sulfide) groups is 1. The van der Waals surface area contributed by atoms with Crippen LogP contribution in [0, 0.1) is 4.77 Å². The summed E-state index contributed by atoms with van der Waals surface area (Å²) >= 11 is 7.32. The monoisotopic (exact) mass is 242 g/mol. The van der Waals surface area contributed by atoms with Crippen molar-refractivity contribution in [2.45, 2.75) is 43.9 Å². The molecule has 0 radical (unpaired) electrons. The number of hydrogen-bond acceptors (Lipinski definition) is 2. The van der Waals surface area contributed by atoms with Crippen LogP contribution in [0.15, 0.2) is 6.20 Å². The minimum absolute atomic E-state index is 0.476. The highest BCUT2D eigenvalue weighted by atomic mass is 32.2. The summed E-state index contributed by atoms with van der Waals surface area (Å²) in [6.45, 7) is 5.50. The van der Waals surface area contributed by atoms with Gasteiger partial charge in [-0.05, 0) is 37.2 Å². The normalized spacial score (nSPS) is 18.4. The Morgan fingerprint density at radius 2 is 2.27 bits per heavy atom. The van der Waals surface area contributed by atoms with Gasteiger partial charge in [-0.2, -0.15) is 11.8 Å². The van der Waals surface area contributed by atoms with E-state index in [1.807, 2.05) is 11.8 Å². The molecule has 0 aromatic carbocycles. The summed E-state index contributed by atoms with van der Waals surface area (Å²) in [4.78, 5) is 3.16. The van der Waals surface area contributed by atoms with Gasteiger partial charge in [0.15, 0.2) is 4.77 Å². The predicted molar refractivity (Wildman–Crippen MR) is 69.2 cm³/mol. The van der Waals surface area contributed by atoms with Crippen molar-refractivity contribution in [1.29, 1.82) is 0 Å². The maximum atomic E-state index is 5.33. The Bertz CT molecular complexity index is 399. The molecular formula is C11H18N2S2. The van der Waals surface area contributed by atoms with Gasteiger partial charge in [-0.25, -0.2) is 0 Å². The summed E-state index contributed by atoms with van der Waals surface area (Å²) in [6.07, 6.45) is 6.93. The standard InChI is InChI=1S/C11H18N2S2/c1-8(2)9-6-12-10(14)13(9)7-11(15-3)4-5-11/h6,8H,4-5,7H2,1-3H3,(H,12,14). The van der Waals surface area contributed by atoms with Gasteiger partial charge in [0.25, 0.3) is 0 Å². The number of aromatic amines is 1. The van der Waals surface area contributed by atoms with Crippen LogP contribution in [0.5, 0.6) is 0 Å². The Labute approximate surface area is 100 Å². The molecule has 1 N–H and O–H groups in total. The molecule has 1 fully saturated rings. The fraction of sp³-hybridized carbons (Fsp3) is 0.727. The summed E-state index contributed by atoms with van der Waals surface area (Å²) < 4.78 is 3.63. The van der Waals surface area contributed by atoms with Crippen LogP contribution < -0.4 is 0 Å². The largest absolute Gasteiger partial charge is 0.337 e. The summed E-state index contributed by atoms with van der Waals surface area (Å²) in [6, 6.07) is 0. The molecular weight excluding hydrogens is 224 g/mol. The van der Waals surface area contributed by atoms with Crippen molar-refractivity contribution in [3.63, 3.8) is 0 Å². The van der Waals surface area contributed by atoms with E-state index in [2.05, 4.69) is 35.9 Å². The van der Waals surface area contributed by atoms with Gasteiger partial charge >= 0.3 is 0 Å². The van der Waals surface area contributed by atoms with Crippen molar-refractivity contribution in [2.24, 2.45) is 0 Å². The Morgan fingerprint density at radius 1 is 1.60 bits per heavy atom. The molecule has 0 spiro atoms. The Kier molecular flexibility index (Phi) is 2.99. The zero-order valence-corrected chi connectivity index (χ0v) is 11.2. The van der Waals surface area contributed by atoms with Crippen LogP contribution in [0.25, 0.3) is 0 Å². The first-order valence-corrected chi connectivity index (χ1v) is 7.04. The van der Waals surface area contributed by atoms with E-state index in [1.165, 1.54) is 18.5 Å². The third kappa shape index (κ3) is 2.16. The van der Waals surface area contributed by atoms with Gasteiger partial charge in [0, 0.05) is 23.2 Å². The highest BCUT2D eigenvalue weighted by Gasteiger charge is 2.42. The lowest BCUT2D eigenvalue weighted by molar-refractivity contribution is 0.603. The molecule has 0 unspecified atom stereocenters. The number of rotatable bonds is 4. The molecule has 2 rings (SSSR count). The zero-order valence-electron chi connectivity index (χ0n) is 9.54. The van der Waals surface area contributed by atoms with Crippen molar-refractivity contribution in [3.8, 4) is 0 Å². The van der Waals surface area contributed by atoms with Crippen molar-refractivity contribution < 1.29 is 0 Å². The second-order valence-corrected chi connectivity index (χ2v) is 6.31. The van der Waals surface area contributed by atoms with Gasteiger partial charge in [-0.3, -0.25) is 0 Å². The van der Waals surface area contributed by atoms with E-state index >= 15 is 0 Å². The van der Waals surface area contributed by atoms with Crippen LogP contribution in [-0.4, -0.2) is 20.6 Å². The van der Waals surface area contributed by atoms with Crippen LogP contribution in [0.3, 0.4) is 0 Å². The lowest BCUT2D eigenvalue weighted by atomic mass is 10.1. The molecule has 0 amide bonds. The lowest BCUT2D eigenvalue weighted by Crippen LogP contribution is -2.16. The van der Waals surface area contributed by atoms with Gasteiger partial charge in [0.2, 0.25) is 0 Å². The molecule has 0 saturated heterocycles. The van der Waals surface area contributed by atoms with Crippen molar-refractivity contribution in [1.82, 2.24) is 9.55 Å². The van der Waals surface area contributed by atoms with Gasteiger partial charge in [0.1, 0.15) is 0 Å². The maximum absolute atomic E-state index is 5.33. The molecule has 4 heteroatoms. The average Bonchev–Trinajstić information content (AvgIpc) is 2.87. The van der Waals surface area contributed by atoms with Gasteiger partial charge < -0.3 is 9.55 Å². The molecule has 1 aromatic heterocycles. The first-order chi connectivity index (χ1) is 7.08. The van der Waals surface area contributed by atoms with Gasteiger partial charge in [-0.1, -0.05) is 13.8 Å². The molecule has 1 aliphatic carbocycles. The minimum Gasteiger partial charge on any atom is -0.337 e. The maximum Gasteiger partial charge on any atom is 0.177 e. The Balaban J connectivity index is 2.27. The molecule has 0 aliphatic heterocycles. The number of imidazole rings is 1. The number of nitrogens with one attached hydrogen (secondary N) is 1. The van der Waals surface area contributed by atoms with Gasteiger partial charge in [-0.15, -0.1) is 0 Å². The van der Waals surface area contributed by atoms with E-state index in [4.69, 9.17) is 12.2 Å². The summed E-state index contributed by atoms with van der Waals surface area (Å²) in [5.41, 5.74) is 1.33. The molecule has 1 heterocycles. The van der Waals surface area contributed by atoms with Crippen LogP contribution in [-0.2, 0) is 6.54 Å². The fourth-order valence-electron chi connectivity index (χ4n) is 1.90.